The van der Waals surface area contributed by atoms with Crippen LogP contribution in [0.2, 0.25) is 10.2 Å². The molecule has 0 bridgehead atoms. The molecule has 0 radical (unpaired) electrons. The van der Waals surface area contributed by atoms with Gasteiger partial charge in [0.2, 0.25) is 5.82 Å². The number of alkyl halides is 3. The quantitative estimate of drug-likeness (QED) is 0.391. The molecule has 16 heteroatoms. The highest BCUT2D eigenvalue weighted by atomic mass is 35.5. The normalized spacial score (nSPS) is 11.2. The highest BCUT2D eigenvalue weighted by molar-refractivity contribution is 6.34. The summed E-state index contributed by atoms with van der Waals surface area (Å²) in [6.45, 7) is 0. The van der Waals surface area contributed by atoms with E-state index < -0.39 is 60.1 Å². The van der Waals surface area contributed by atoms with Gasteiger partial charge in [-0.05, 0) is 6.07 Å². The van der Waals surface area contributed by atoms with Gasteiger partial charge in [0.25, 0.3) is 0 Å². The van der Waals surface area contributed by atoms with E-state index in [9.17, 15) is 43.5 Å². The van der Waals surface area contributed by atoms with E-state index in [-0.39, 0.29) is 11.2 Å². The Morgan fingerprint density at radius 1 is 0.964 bits per heavy atom. The molecule has 28 heavy (non-hydrogen) atoms. The molecule has 0 atom stereocenters. The molecule has 1 heterocycles. The predicted molar refractivity (Wildman–Crippen MR) is 88.9 cm³/mol. The van der Waals surface area contributed by atoms with Crippen molar-refractivity contribution >= 4 is 51.8 Å². The lowest BCUT2D eigenvalue weighted by Crippen LogP contribution is -2.11. The molecule has 0 saturated carbocycles. The maximum atomic E-state index is 13.0. The van der Waals surface area contributed by atoms with Crippen LogP contribution in [0.1, 0.15) is 5.56 Å². The predicted octanol–water partition coefficient (Wildman–Crippen LogP) is 4.88. The number of pyridine rings is 1. The van der Waals surface area contributed by atoms with Crippen molar-refractivity contribution in [2.45, 2.75) is 6.18 Å². The molecule has 0 aliphatic heterocycles. The lowest BCUT2D eigenvalue weighted by molar-refractivity contribution is -0.392. The fraction of sp³-hybridized carbons (Fsp3) is 0.0833. The van der Waals surface area contributed by atoms with Gasteiger partial charge >= 0.3 is 23.2 Å². The van der Waals surface area contributed by atoms with E-state index >= 15 is 0 Å². The van der Waals surface area contributed by atoms with Gasteiger partial charge in [0.05, 0.1) is 20.3 Å². The van der Waals surface area contributed by atoms with Crippen molar-refractivity contribution in [2.75, 3.05) is 5.32 Å². The number of rotatable bonds is 5. The summed E-state index contributed by atoms with van der Waals surface area (Å²) in [7, 11) is 0. The third-order valence-electron chi connectivity index (χ3n) is 3.18. The molecule has 0 spiro atoms. The number of nitrogens with zero attached hydrogens (tertiary/aromatic N) is 4. The summed E-state index contributed by atoms with van der Waals surface area (Å²) in [4.78, 5) is 33.3. The van der Waals surface area contributed by atoms with Crippen molar-refractivity contribution in [3.63, 3.8) is 0 Å². The SMILES string of the molecule is O=[N+]([O-])c1ccc(Cl)nc1Nc1c([N+](=O)[O-])cc(C(F)(F)F)c(Cl)c1[N+](=O)[O-]. The third-order valence-corrected chi connectivity index (χ3v) is 3.78. The molecule has 1 N–H and O–H groups in total. The zero-order valence-electron chi connectivity index (χ0n) is 12.9. The summed E-state index contributed by atoms with van der Waals surface area (Å²) in [6, 6.07) is 1.79. The second-order valence-electron chi connectivity index (χ2n) is 4.88. The minimum Gasteiger partial charge on any atom is -0.323 e. The van der Waals surface area contributed by atoms with Gasteiger partial charge in [-0.1, -0.05) is 23.2 Å². The Morgan fingerprint density at radius 3 is 2.00 bits per heavy atom. The molecule has 0 aliphatic rings. The van der Waals surface area contributed by atoms with E-state index in [1.165, 1.54) is 0 Å². The van der Waals surface area contributed by atoms with Crippen LogP contribution in [0, 0.1) is 30.3 Å². The van der Waals surface area contributed by atoms with Crippen LogP contribution in [-0.4, -0.2) is 19.8 Å². The summed E-state index contributed by atoms with van der Waals surface area (Å²) in [6.07, 6.45) is -5.24. The zero-order valence-corrected chi connectivity index (χ0v) is 14.4. The first kappa shape index (κ1) is 21.0. The topological polar surface area (TPSA) is 154 Å². The van der Waals surface area contributed by atoms with E-state index in [2.05, 4.69) is 4.98 Å². The van der Waals surface area contributed by atoms with Crippen molar-refractivity contribution in [1.29, 1.82) is 0 Å². The number of nitro benzene ring substituents is 2. The Bertz CT molecular complexity index is 1020. The average molecular weight is 442 g/mol. The Morgan fingerprint density at radius 2 is 1.54 bits per heavy atom. The van der Waals surface area contributed by atoms with Crippen LogP contribution in [0.4, 0.5) is 41.7 Å². The van der Waals surface area contributed by atoms with Gasteiger partial charge in [-0.2, -0.15) is 13.2 Å². The monoisotopic (exact) mass is 441 g/mol. The highest BCUT2D eigenvalue weighted by Crippen LogP contribution is 2.48. The zero-order chi connectivity index (χ0) is 21.4. The summed E-state index contributed by atoms with van der Waals surface area (Å²) in [5.41, 5.74) is -6.68. The van der Waals surface area contributed by atoms with Crippen LogP contribution >= 0.6 is 23.2 Å². The maximum Gasteiger partial charge on any atom is 0.418 e. The Hall–Kier alpha value is -3.26. The highest BCUT2D eigenvalue weighted by Gasteiger charge is 2.42. The second kappa shape index (κ2) is 7.40. The Kier molecular flexibility index (Phi) is 5.56. The second-order valence-corrected chi connectivity index (χ2v) is 5.64. The summed E-state index contributed by atoms with van der Waals surface area (Å²) in [5, 5.41) is 33.7. The van der Waals surface area contributed by atoms with Gasteiger partial charge in [-0.15, -0.1) is 0 Å². The van der Waals surface area contributed by atoms with Gasteiger partial charge < -0.3 is 5.32 Å². The van der Waals surface area contributed by atoms with Crippen molar-refractivity contribution in [3.05, 3.63) is 64.3 Å². The summed E-state index contributed by atoms with van der Waals surface area (Å²) < 4.78 is 39.1. The van der Waals surface area contributed by atoms with Crippen molar-refractivity contribution in [3.8, 4) is 0 Å². The van der Waals surface area contributed by atoms with Gasteiger partial charge in [0.1, 0.15) is 10.2 Å². The van der Waals surface area contributed by atoms with Crippen LogP contribution < -0.4 is 5.32 Å². The third kappa shape index (κ3) is 4.01. The van der Waals surface area contributed by atoms with E-state index in [0.29, 0.717) is 0 Å². The number of nitrogens with one attached hydrogen (secondary N) is 1. The largest absolute Gasteiger partial charge is 0.418 e. The molecule has 0 aliphatic carbocycles. The van der Waals surface area contributed by atoms with Gasteiger partial charge in [0.15, 0.2) is 5.69 Å². The van der Waals surface area contributed by atoms with Crippen LogP contribution in [0.3, 0.4) is 0 Å². The van der Waals surface area contributed by atoms with Crippen molar-refractivity contribution in [2.24, 2.45) is 0 Å². The number of nitro groups is 3. The van der Waals surface area contributed by atoms with Gasteiger partial charge in [-0.25, -0.2) is 4.98 Å². The van der Waals surface area contributed by atoms with Gasteiger partial charge in [0, 0.05) is 12.1 Å². The first-order valence-electron chi connectivity index (χ1n) is 6.65. The molecular formula is C12H4Cl2F3N5O6. The number of aromatic nitrogens is 1. The molecule has 1 aromatic heterocycles. The maximum absolute atomic E-state index is 13.0. The Labute approximate surface area is 161 Å². The van der Waals surface area contributed by atoms with E-state index in [1.54, 1.807) is 0 Å². The van der Waals surface area contributed by atoms with E-state index in [0.717, 1.165) is 12.1 Å². The molecule has 0 saturated heterocycles. The fourth-order valence-electron chi connectivity index (χ4n) is 2.06. The molecule has 0 fully saturated rings. The molecule has 0 amide bonds. The van der Waals surface area contributed by atoms with Crippen LogP contribution in [-0.2, 0) is 6.18 Å². The lowest BCUT2D eigenvalue weighted by Gasteiger charge is -2.13. The fourth-order valence-corrected chi connectivity index (χ4v) is 2.53. The average Bonchev–Trinajstić information content (AvgIpc) is 2.52. The molecular weight excluding hydrogens is 438 g/mol. The smallest absolute Gasteiger partial charge is 0.323 e. The first-order chi connectivity index (χ1) is 12.8. The molecule has 2 aromatic rings. The molecule has 148 valence electrons. The van der Waals surface area contributed by atoms with Crippen molar-refractivity contribution < 1.29 is 27.9 Å². The standard InChI is InChI=1S/C12H4Cl2F3N5O6/c13-7-2-1-5(20(23)24)11(18-7)19-9-6(21(25)26)3-4(12(15,16)17)8(14)10(9)22(27)28/h1-3H,(H,18,19). The van der Waals surface area contributed by atoms with E-state index in [4.69, 9.17) is 23.2 Å². The van der Waals surface area contributed by atoms with Gasteiger partial charge in [-0.3, -0.25) is 30.3 Å². The summed E-state index contributed by atoms with van der Waals surface area (Å²) in [5.74, 6) is -0.778. The first-order valence-corrected chi connectivity index (χ1v) is 7.40. The lowest BCUT2D eigenvalue weighted by atomic mass is 10.1. The van der Waals surface area contributed by atoms with Crippen LogP contribution in [0.5, 0.6) is 0 Å². The number of hydrogen-bond donors (Lipinski definition) is 1. The molecule has 2 rings (SSSR count). The molecule has 11 nitrogen and oxygen atoms in total. The summed E-state index contributed by atoms with van der Waals surface area (Å²) >= 11 is 11.1. The minimum absolute atomic E-state index is 0.0337. The molecule has 1 aromatic carbocycles. The number of benzene rings is 1. The Balaban J connectivity index is 2.86. The van der Waals surface area contributed by atoms with Crippen molar-refractivity contribution in [1.82, 2.24) is 4.98 Å². The number of halogens is 5. The van der Waals surface area contributed by atoms with Crippen LogP contribution in [0.15, 0.2) is 18.2 Å². The number of anilines is 2. The number of hydrogen-bond acceptors (Lipinski definition) is 8. The van der Waals surface area contributed by atoms with Crippen LogP contribution in [0.25, 0.3) is 0 Å². The molecule has 0 unspecified atom stereocenters. The minimum atomic E-state index is -5.24. The van der Waals surface area contributed by atoms with E-state index in [1.807, 2.05) is 5.32 Å².